The Labute approximate surface area is 155 Å². The molecule has 0 radical (unpaired) electrons. The molecule has 0 saturated carbocycles. The van der Waals surface area contributed by atoms with Crippen LogP contribution in [0.4, 0.5) is 4.79 Å². The molecule has 0 aliphatic carbocycles. The quantitative estimate of drug-likeness (QED) is 0.782. The average Bonchev–Trinajstić information content (AvgIpc) is 3.02. The first-order valence-electron chi connectivity index (χ1n) is 8.79. The van der Waals surface area contributed by atoms with Crippen LogP contribution in [-0.2, 0) is 17.9 Å². The second-order valence-corrected chi connectivity index (χ2v) is 6.96. The smallest absolute Gasteiger partial charge is 0.316 e. The van der Waals surface area contributed by atoms with Crippen molar-refractivity contribution in [3.63, 3.8) is 0 Å². The number of urea groups is 1. The van der Waals surface area contributed by atoms with Crippen LogP contribution in [0.2, 0.25) is 0 Å². The molecule has 1 N–H and O–H groups in total. The number of nitrogens with zero attached hydrogens (tertiary/aromatic N) is 2. The molecule has 1 atom stereocenters. The fourth-order valence-corrected chi connectivity index (χ4v) is 2.95. The molecular weight excluding hydrogens is 326 g/mol. The highest BCUT2D eigenvalue weighted by Gasteiger charge is 2.23. The van der Waals surface area contributed by atoms with Crippen molar-refractivity contribution in [1.29, 1.82) is 0 Å². The molecule has 138 valence electrons. The zero-order chi connectivity index (χ0) is 19.3. The van der Waals surface area contributed by atoms with Crippen LogP contribution in [0.15, 0.2) is 54.0 Å². The molecule has 2 heterocycles. The predicted octanol–water partition coefficient (Wildman–Crippen LogP) is 4.13. The molecule has 5 heteroatoms. The number of carbonyl (C=O) groups excluding carboxylic acids is 2. The van der Waals surface area contributed by atoms with E-state index < -0.39 is 0 Å². The third kappa shape index (κ3) is 5.15. The molecule has 1 unspecified atom stereocenters. The molecule has 1 aliphatic heterocycles. The van der Waals surface area contributed by atoms with Crippen molar-refractivity contribution in [2.24, 2.45) is 5.92 Å². The van der Waals surface area contributed by atoms with Gasteiger partial charge in [-0.1, -0.05) is 19.6 Å². The summed E-state index contributed by atoms with van der Waals surface area (Å²) < 4.78 is 0. The second-order valence-electron chi connectivity index (χ2n) is 6.96. The molecule has 26 heavy (non-hydrogen) atoms. The van der Waals surface area contributed by atoms with E-state index in [1.807, 2.05) is 45.2 Å². The van der Waals surface area contributed by atoms with Crippen molar-refractivity contribution >= 4 is 11.8 Å². The Hall–Kier alpha value is -2.69. The summed E-state index contributed by atoms with van der Waals surface area (Å²) in [6, 6.07) is 1.83. The van der Waals surface area contributed by atoms with Gasteiger partial charge in [-0.25, -0.2) is 4.79 Å². The van der Waals surface area contributed by atoms with Gasteiger partial charge in [0.1, 0.15) is 5.78 Å². The molecule has 1 aliphatic rings. The standard InChI is InChI=1S/C21H27N3O2/c1-14(18(5)15(2)10-17(4)25)6-7-16(3)23-21(26)24-12-19-8-9-22-11-20(19)13-24/h6-9,11,15H,5,10,12-13H2,1-4H3,(H,23,26)/b14-6+,16-7+. The number of amides is 2. The summed E-state index contributed by atoms with van der Waals surface area (Å²) in [5, 5.41) is 2.91. The van der Waals surface area contributed by atoms with Gasteiger partial charge in [-0.15, -0.1) is 0 Å². The summed E-state index contributed by atoms with van der Waals surface area (Å²) in [5.41, 5.74) is 4.94. The van der Waals surface area contributed by atoms with Crippen LogP contribution in [0.5, 0.6) is 0 Å². The summed E-state index contributed by atoms with van der Waals surface area (Å²) in [4.78, 5) is 29.5. The van der Waals surface area contributed by atoms with Gasteiger partial charge in [0.05, 0.1) is 0 Å². The van der Waals surface area contributed by atoms with E-state index in [4.69, 9.17) is 0 Å². The first-order valence-corrected chi connectivity index (χ1v) is 8.79. The highest BCUT2D eigenvalue weighted by Crippen LogP contribution is 2.22. The summed E-state index contributed by atoms with van der Waals surface area (Å²) in [6.07, 6.45) is 7.85. The molecule has 0 aromatic carbocycles. The van der Waals surface area contributed by atoms with Crippen LogP contribution in [0.1, 0.15) is 45.2 Å². The Bertz CT molecular complexity index is 752. The van der Waals surface area contributed by atoms with Gasteiger partial charge < -0.3 is 15.0 Å². The highest BCUT2D eigenvalue weighted by molar-refractivity contribution is 5.77. The molecule has 1 aromatic rings. The lowest BCUT2D eigenvalue weighted by molar-refractivity contribution is -0.117. The molecule has 0 fully saturated rings. The van der Waals surface area contributed by atoms with Gasteiger partial charge >= 0.3 is 6.03 Å². The fourth-order valence-electron chi connectivity index (χ4n) is 2.95. The van der Waals surface area contributed by atoms with Crippen LogP contribution < -0.4 is 5.32 Å². The molecule has 0 bridgehead atoms. The van der Waals surface area contributed by atoms with Gasteiger partial charge in [-0.3, -0.25) is 4.98 Å². The molecule has 2 amide bonds. The zero-order valence-corrected chi connectivity index (χ0v) is 16.0. The van der Waals surface area contributed by atoms with Crippen LogP contribution in [0, 0.1) is 5.92 Å². The number of rotatable bonds is 6. The van der Waals surface area contributed by atoms with Crippen LogP contribution in [0.25, 0.3) is 0 Å². The van der Waals surface area contributed by atoms with Crippen LogP contribution >= 0.6 is 0 Å². The lowest BCUT2D eigenvalue weighted by Gasteiger charge is -2.16. The minimum absolute atomic E-state index is 0.115. The van der Waals surface area contributed by atoms with Gasteiger partial charge in [-0.05, 0) is 61.1 Å². The Kier molecular flexibility index (Phi) is 6.50. The Balaban J connectivity index is 1.92. The van der Waals surface area contributed by atoms with E-state index >= 15 is 0 Å². The number of Topliss-reactive ketones (excluding diaryl/α,β-unsaturated/α-hetero) is 1. The summed E-state index contributed by atoms with van der Waals surface area (Å²) in [5.74, 6) is 0.274. The number of nitrogens with one attached hydrogen (secondary N) is 1. The number of allylic oxidation sites excluding steroid dienone is 5. The topological polar surface area (TPSA) is 62.3 Å². The van der Waals surface area contributed by atoms with Crippen molar-refractivity contribution in [2.75, 3.05) is 0 Å². The minimum Gasteiger partial charge on any atom is -0.316 e. The summed E-state index contributed by atoms with van der Waals surface area (Å²) >= 11 is 0. The number of ketones is 1. The van der Waals surface area contributed by atoms with Gasteiger partial charge in [-0.2, -0.15) is 0 Å². The van der Waals surface area contributed by atoms with Gasteiger partial charge in [0.25, 0.3) is 0 Å². The highest BCUT2D eigenvalue weighted by atomic mass is 16.2. The Morgan fingerprint density at radius 1 is 1.27 bits per heavy atom. The largest absolute Gasteiger partial charge is 0.322 e. The molecule has 5 nitrogen and oxygen atoms in total. The molecule has 0 saturated heterocycles. The normalized spacial score (nSPS) is 15.5. The van der Waals surface area contributed by atoms with Crippen molar-refractivity contribution < 1.29 is 9.59 Å². The van der Waals surface area contributed by atoms with Gasteiger partial charge in [0.15, 0.2) is 0 Å². The van der Waals surface area contributed by atoms with Crippen LogP contribution in [0.3, 0.4) is 0 Å². The van der Waals surface area contributed by atoms with Crippen molar-refractivity contribution in [2.45, 2.75) is 47.2 Å². The number of hydrogen-bond acceptors (Lipinski definition) is 3. The lowest BCUT2D eigenvalue weighted by atomic mass is 9.92. The first kappa shape index (κ1) is 19.6. The lowest BCUT2D eigenvalue weighted by Crippen LogP contribution is -2.35. The van der Waals surface area contributed by atoms with Crippen molar-refractivity contribution in [3.05, 3.63) is 65.2 Å². The number of pyridine rings is 1. The van der Waals surface area contributed by atoms with E-state index in [2.05, 4.69) is 16.9 Å². The van der Waals surface area contributed by atoms with E-state index in [-0.39, 0.29) is 17.7 Å². The van der Waals surface area contributed by atoms with Crippen molar-refractivity contribution in [3.8, 4) is 0 Å². The third-order valence-corrected chi connectivity index (χ3v) is 4.60. The molecule has 0 spiro atoms. The van der Waals surface area contributed by atoms with Crippen LogP contribution in [-0.4, -0.2) is 21.7 Å². The molecule has 2 rings (SSSR count). The van der Waals surface area contributed by atoms with Gasteiger partial charge in [0.2, 0.25) is 0 Å². The number of hydrogen-bond donors (Lipinski definition) is 1. The Morgan fingerprint density at radius 3 is 2.62 bits per heavy atom. The van der Waals surface area contributed by atoms with E-state index in [0.717, 1.165) is 28.0 Å². The Morgan fingerprint density at radius 2 is 1.96 bits per heavy atom. The van der Waals surface area contributed by atoms with E-state index in [1.54, 1.807) is 18.0 Å². The van der Waals surface area contributed by atoms with E-state index in [9.17, 15) is 9.59 Å². The maximum Gasteiger partial charge on any atom is 0.322 e. The number of carbonyl (C=O) groups is 2. The van der Waals surface area contributed by atoms with Gasteiger partial charge in [0, 0.05) is 37.6 Å². The maximum absolute atomic E-state index is 12.4. The number of aromatic nitrogens is 1. The second kappa shape index (κ2) is 8.61. The fraction of sp³-hybridized carbons (Fsp3) is 0.381. The minimum atomic E-state index is -0.121. The SMILES string of the molecule is C=C(/C(C)=C/C=C(\C)NC(=O)N1Cc2ccncc2C1)C(C)CC(C)=O. The maximum atomic E-state index is 12.4. The zero-order valence-electron chi connectivity index (χ0n) is 16.0. The third-order valence-electron chi connectivity index (χ3n) is 4.60. The van der Waals surface area contributed by atoms with E-state index in [0.29, 0.717) is 19.5 Å². The first-order chi connectivity index (χ1) is 12.3. The number of fused-ring (bicyclic) bond motifs is 1. The summed E-state index contributed by atoms with van der Waals surface area (Å²) in [6.45, 7) is 12.7. The van der Waals surface area contributed by atoms with E-state index in [1.165, 1.54) is 0 Å². The average molecular weight is 353 g/mol. The van der Waals surface area contributed by atoms with Crippen molar-refractivity contribution in [1.82, 2.24) is 15.2 Å². The predicted molar refractivity (Wildman–Crippen MR) is 103 cm³/mol. The monoisotopic (exact) mass is 353 g/mol. The molecule has 1 aromatic heterocycles. The molecular formula is C21H27N3O2. The summed E-state index contributed by atoms with van der Waals surface area (Å²) in [7, 11) is 0.